The smallest absolute Gasteiger partial charge is 0.0479 e. The monoisotopic (exact) mass is 169 g/mol. The Bertz CT molecular complexity index is 148. The lowest BCUT2D eigenvalue weighted by Gasteiger charge is -2.31. The molecule has 2 saturated heterocycles. The predicted molar refractivity (Wildman–Crippen MR) is 49.3 cm³/mol. The van der Waals surface area contributed by atoms with Crippen molar-refractivity contribution in [1.82, 2.24) is 4.90 Å². The van der Waals surface area contributed by atoms with Gasteiger partial charge in [-0.15, -0.1) is 0 Å². The number of hydrogen-bond donors (Lipinski definition) is 0. The van der Waals surface area contributed by atoms with Crippen LogP contribution in [0.1, 0.15) is 32.1 Å². The number of rotatable bonds is 3. The summed E-state index contributed by atoms with van der Waals surface area (Å²) in [4.78, 5) is 2.69. The van der Waals surface area contributed by atoms with Gasteiger partial charge in [-0.2, -0.15) is 0 Å². The molecule has 12 heavy (non-hydrogen) atoms. The highest BCUT2D eigenvalue weighted by Crippen LogP contribution is 2.41. The molecule has 2 aliphatic rings. The van der Waals surface area contributed by atoms with Gasteiger partial charge in [0.15, 0.2) is 0 Å². The van der Waals surface area contributed by atoms with Crippen molar-refractivity contribution >= 4 is 0 Å². The summed E-state index contributed by atoms with van der Waals surface area (Å²) in [5.41, 5.74) is 0.565. The van der Waals surface area contributed by atoms with Crippen LogP contribution in [0.2, 0.25) is 0 Å². The third-order valence-corrected chi connectivity index (χ3v) is 3.58. The first-order chi connectivity index (χ1) is 5.87. The fourth-order valence-corrected chi connectivity index (χ4v) is 2.93. The standard InChI is InChI=1S/C10H19NO/c1-12-9-6-10-4-2-7-11(10)8-3-5-10/h2-9H2,1H3. The fourth-order valence-electron chi connectivity index (χ4n) is 2.93. The van der Waals surface area contributed by atoms with Crippen LogP contribution in [0.4, 0.5) is 0 Å². The highest BCUT2D eigenvalue weighted by molar-refractivity contribution is 4.99. The number of methoxy groups -OCH3 is 1. The SMILES string of the molecule is COCCC12CCCN1CCC2. The van der Waals surface area contributed by atoms with E-state index < -0.39 is 0 Å². The van der Waals surface area contributed by atoms with Crippen LogP contribution in [-0.2, 0) is 4.74 Å². The zero-order valence-corrected chi connectivity index (χ0v) is 8.01. The Morgan fingerprint density at radius 2 is 1.92 bits per heavy atom. The van der Waals surface area contributed by atoms with Crippen LogP contribution in [0.5, 0.6) is 0 Å². The maximum atomic E-state index is 5.18. The molecule has 0 bridgehead atoms. The molecule has 0 aromatic rings. The Kier molecular flexibility index (Phi) is 2.37. The average Bonchev–Trinajstić information content (AvgIpc) is 2.58. The molecule has 2 rings (SSSR count). The molecule has 0 aromatic carbocycles. The van der Waals surface area contributed by atoms with E-state index in [1.54, 1.807) is 0 Å². The quantitative estimate of drug-likeness (QED) is 0.637. The summed E-state index contributed by atoms with van der Waals surface area (Å²) in [6.07, 6.45) is 6.89. The maximum Gasteiger partial charge on any atom is 0.0479 e. The third-order valence-electron chi connectivity index (χ3n) is 3.58. The molecule has 0 saturated carbocycles. The highest BCUT2D eigenvalue weighted by Gasteiger charge is 2.43. The summed E-state index contributed by atoms with van der Waals surface area (Å²) in [5.74, 6) is 0. The van der Waals surface area contributed by atoms with Crippen LogP contribution in [0, 0.1) is 0 Å². The Labute approximate surface area is 74.9 Å². The van der Waals surface area contributed by atoms with Gasteiger partial charge in [0.05, 0.1) is 0 Å². The Morgan fingerprint density at radius 3 is 2.50 bits per heavy atom. The molecule has 0 aliphatic carbocycles. The first-order valence-corrected chi connectivity index (χ1v) is 5.11. The van der Waals surface area contributed by atoms with E-state index >= 15 is 0 Å². The summed E-state index contributed by atoms with van der Waals surface area (Å²) < 4.78 is 5.18. The van der Waals surface area contributed by atoms with E-state index in [1.807, 2.05) is 7.11 Å². The van der Waals surface area contributed by atoms with Gasteiger partial charge in [-0.3, -0.25) is 4.90 Å². The van der Waals surface area contributed by atoms with E-state index in [0.29, 0.717) is 5.54 Å². The molecule has 2 nitrogen and oxygen atoms in total. The molecule has 0 spiro atoms. The normalized spacial score (nSPS) is 27.8. The molecule has 0 radical (unpaired) electrons. The number of fused-ring (bicyclic) bond motifs is 1. The van der Waals surface area contributed by atoms with Gasteiger partial charge in [0.2, 0.25) is 0 Å². The molecule has 2 aliphatic heterocycles. The van der Waals surface area contributed by atoms with Crippen molar-refractivity contribution in [1.29, 1.82) is 0 Å². The summed E-state index contributed by atoms with van der Waals surface area (Å²) in [5, 5.41) is 0. The Morgan fingerprint density at radius 1 is 1.25 bits per heavy atom. The van der Waals surface area contributed by atoms with E-state index in [0.717, 1.165) is 6.61 Å². The van der Waals surface area contributed by atoms with E-state index in [2.05, 4.69) is 4.90 Å². The van der Waals surface area contributed by atoms with Crippen molar-refractivity contribution in [2.24, 2.45) is 0 Å². The lowest BCUT2D eigenvalue weighted by atomic mass is 9.91. The number of nitrogens with zero attached hydrogens (tertiary/aromatic N) is 1. The van der Waals surface area contributed by atoms with Gasteiger partial charge in [-0.25, -0.2) is 0 Å². The fraction of sp³-hybridized carbons (Fsp3) is 1.00. The van der Waals surface area contributed by atoms with Crippen molar-refractivity contribution < 1.29 is 4.74 Å². The van der Waals surface area contributed by atoms with Gasteiger partial charge in [0.1, 0.15) is 0 Å². The topological polar surface area (TPSA) is 12.5 Å². The molecule has 0 amide bonds. The molecule has 0 unspecified atom stereocenters. The molecule has 0 atom stereocenters. The summed E-state index contributed by atoms with van der Waals surface area (Å²) in [6, 6.07) is 0. The van der Waals surface area contributed by atoms with E-state index in [1.165, 1.54) is 45.2 Å². The van der Waals surface area contributed by atoms with Crippen LogP contribution in [0.15, 0.2) is 0 Å². The lowest BCUT2D eigenvalue weighted by molar-refractivity contribution is 0.114. The zero-order valence-electron chi connectivity index (χ0n) is 8.01. The second-order valence-corrected chi connectivity index (χ2v) is 4.16. The van der Waals surface area contributed by atoms with Gasteiger partial charge in [-0.1, -0.05) is 0 Å². The highest BCUT2D eigenvalue weighted by atomic mass is 16.5. The number of hydrogen-bond acceptors (Lipinski definition) is 2. The van der Waals surface area contributed by atoms with Gasteiger partial charge in [0, 0.05) is 19.3 Å². The van der Waals surface area contributed by atoms with Gasteiger partial charge in [0.25, 0.3) is 0 Å². The summed E-state index contributed by atoms with van der Waals surface area (Å²) >= 11 is 0. The predicted octanol–water partition coefficient (Wildman–Crippen LogP) is 1.65. The summed E-state index contributed by atoms with van der Waals surface area (Å²) in [7, 11) is 1.81. The minimum Gasteiger partial charge on any atom is -0.385 e. The van der Waals surface area contributed by atoms with Crippen LogP contribution in [0.3, 0.4) is 0 Å². The minimum atomic E-state index is 0.565. The van der Waals surface area contributed by atoms with Crippen molar-refractivity contribution in [3.63, 3.8) is 0 Å². The largest absolute Gasteiger partial charge is 0.385 e. The second-order valence-electron chi connectivity index (χ2n) is 4.16. The molecule has 2 heterocycles. The first-order valence-electron chi connectivity index (χ1n) is 5.11. The van der Waals surface area contributed by atoms with Crippen LogP contribution < -0.4 is 0 Å². The van der Waals surface area contributed by atoms with E-state index in [-0.39, 0.29) is 0 Å². The molecular weight excluding hydrogens is 150 g/mol. The Balaban J connectivity index is 1.97. The third kappa shape index (κ3) is 1.27. The van der Waals surface area contributed by atoms with Crippen molar-refractivity contribution in [3.8, 4) is 0 Å². The van der Waals surface area contributed by atoms with Crippen LogP contribution in [0.25, 0.3) is 0 Å². The van der Waals surface area contributed by atoms with E-state index in [4.69, 9.17) is 4.74 Å². The van der Waals surface area contributed by atoms with Crippen molar-refractivity contribution in [3.05, 3.63) is 0 Å². The van der Waals surface area contributed by atoms with Crippen LogP contribution in [-0.4, -0.2) is 37.2 Å². The first kappa shape index (κ1) is 8.52. The number of ether oxygens (including phenoxy) is 1. The van der Waals surface area contributed by atoms with Crippen LogP contribution >= 0.6 is 0 Å². The minimum absolute atomic E-state index is 0.565. The summed E-state index contributed by atoms with van der Waals surface area (Å²) in [6.45, 7) is 3.62. The molecule has 2 heteroatoms. The molecular formula is C10H19NO. The lowest BCUT2D eigenvalue weighted by Crippen LogP contribution is -2.38. The van der Waals surface area contributed by atoms with Gasteiger partial charge < -0.3 is 4.74 Å². The average molecular weight is 169 g/mol. The van der Waals surface area contributed by atoms with Crippen molar-refractivity contribution in [2.45, 2.75) is 37.6 Å². The zero-order chi connectivity index (χ0) is 8.44. The molecule has 0 N–H and O–H groups in total. The van der Waals surface area contributed by atoms with Crippen molar-refractivity contribution in [2.75, 3.05) is 26.8 Å². The second kappa shape index (κ2) is 3.35. The molecule has 70 valence electrons. The Hall–Kier alpha value is -0.0800. The van der Waals surface area contributed by atoms with E-state index in [9.17, 15) is 0 Å². The molecule has 2 fully saturated rings. The van der Waals surface area contributed by atoms with Gasteiger partial charge >= 0.3 is 0 Å². The van der Waals surface area contributed by atoms with Gasteiger partial charge in [-0.05, 0) is 45.2 Å². The maximum absolute atomic E-state index is 5.18. The molecule has 0 aromatic heterocycles.